The Morgan fingerprint density at radius 1 is 1.37 bits per heavy atom. The van der Waals surface area contributed by atoms with E-state index in [-0.39, 0.29) is 17.1 Å². The lowest BCUT2D eigenvalue weighted by atomic mass is 9.87. The molecule has 0 saturated carbocycles. The van der Waals surface area contributed by atoms with Crippen LogP contribution in [-0.2, 0) is 9.53 Å². The highest BCUT2D eigenvalue weighted by atomic mass is 19.1. The van der Waals surface area contributed by atoms with Gasteiger partial charge in [-0.05, 0) is 31.0 Å². The molecule has 102 valence electrons. The van der Waals surface area contributed by atoms with Crippen molar-refractivity contribution in [3.8, 4) is 0 Å². The van der Waals surface area contributed by atoms with Crippen LogP contribution in [0.1, 0.15) is 24.8 Å². The van der Waals surface area contributed by atoms with Gasteiger partial charge in [0.15, 0.2) is 0 Å². The molecule has 2 aliphatic heterocycles. The first-order valence-corrected chi connectivity index (χ1v) is 6.71. The third-order valence-electron chi connectivity index (χ3n) is 4.17. The molecule has 1 aromatic rings. The van der Waals surface area contributed by atoms with Crippen molar-refractivity contribution in [2.24, 2.45) is 5.41 Å². The second-order valence-electron chi connectivity index (χ2n) is 5.84. The number of carbonyl (C=O) groups is 1. The van der Waals surface area contributed by atoms with E-state index in [0.29, 0.717) is 19.1 Å². The summed E-state index contributed by atoms with van der Waals surface area (Å²) in [4.78, 5) is 14.3. The summed E-state index contributed by atoms with van der Waals surface area (Å²) in [6.07, 6.45) is 0.953. The lowest BCUT2D eigenvalue weighted by molar-refractivity contribution is -0.167. The Morgan fingerprint density at radius 3 is 2.63 bits per heavy atom. The lowest BCUT2D eigenvalue weighted by Crippen LogP contribution is -2.52. The van der Waals surface area contributed by atoms with Crippen molar-refractivity contribution in [1.82, 2.24) is 4.90 Å². The fourth-order valence-corrected chi connectivity index (χ4v) is 2.87. The molecular weight excluding hydrogens is 245 g/mol. The number of carbonyl (C=O) groups excluding carboxylic acids is 1. The van der Waals surface area contributed by atoms with Crippen LogP contribution < -0.4 is 0 Å². The molecule has 2 saturated heterocycles. The van der Waals surface area contributed by atoms with Crippen LogP contribution in [0, 0.1) is 11.2 Å². The van der Waals surface area contributed by atoms with E-state index in [0.717, 1.165) is 25.1 Å². The van der Waals surface area contributed by atoms with E-state index in [1.165, 1.54) is 12.1 Å². The van der Waals surface area contributed by atoms with Crippen molar-refractivity contribution in [3.63, 3.8) is 0 Å². The number of hydrogen-bond acceptors (Lipinski definition) is 2. The zero-order chi connectivity index (χ0) is 13.5. The van der Waals surface area contributed by atoms with Gasteiger partial charge in [0.25, 0.3) is 0 Å². The molecular formula is C15H18FNO2. The Kier molecular flexibility index (Phi) is 3.05. The number of hydrogen-bond donors (Lipinski definition) is 0. The molecule has 0 unspecified atom stereocenters. The molecule has 0 radical (unpaired) electrons. The molecule has 0 aromatic heterocycles. The van der Waals surface area contributed by atoms with Gasteiger partial charge in [-0.15, -0.1) is 0 Å². The highest BCUT2D eigenvalue weighted by molar-refractivity contribution is 5.83. The monoisotopic (exact) mass is 263 g/mol. The molecule has 0 spiro atoms. The Balaban J connectivity index is 1.67. The predicted octanol–water partition coefficient (Wildman–Crippen LogP) is 2.18. The molecule has 0 aliphatic carbocycles. The number of likely N-dealkylation sites (tertiary alicyclic amines) is 1. The zero-order valence-corrected chi connectivity index (χ0v) is 11.1. The van der Waals surface area contributed by atoms with Crippen molar-refractivity contribution >= 4 is 5.91 Å². The Labute approximate surface area is 112 Å². The summed E-state index contributed by atoms with van der Waals surface area (Å²) in [5.41, 5.74) is 0.796. The molecule has 19 heavy (non-hydrogen) atoms. The van der Waals surface area contributed by atoms with E-state index in [1.807, 2.05) is 24.0 Å². The van der Waals surface area contributed by atoms with Crippen molar-refractivity contribution < 1.29 is 13.9 Å². The van der Waals surface area contributed by atoms with Crippen LogP contribution in [0.2, 0.25) is 0 Å². The normalized spacial score (nSPS) is 25.2. The molecule has 0 N–H and O–H groups in total. The summed E-state index contributed by atoms with van der Waals surface area (Å²) < 4.78 is 18.1. The fraction of sp³-hybridized carbons (Fsp3) is 0.533. The van der Waals surface area contributed by atoms with Crippen LogP contribution in [0.15, 0.2) is 24.3 Å². The number of rotatable bonds is 2. The third-order valence-corrected chi connectivity index (χ3v) is 4.17. The number of amides is 1. The van der Waals surface area contributed by atoms with Crippen molar-refractivity contribution in [2.75, 3.05) is 26.3 Å². The molecule has 3 rings (SSSR count). The fourth-order valence-electron chi connectivity index (χ4n) is 2.87. The van der Waals surface area contributed by atoms with Crippen molar-refractivity contribution in [1.29, 1.82) is 0 Å². The average Bonchev–Trinajstić information content (AvgIpc) is 2.85. The Morgan fingerprint density at radius 2 is 2.05 bits per heavy atom. The largest absolute Gasteiger partial charge is 0.379 e. The van der Waals surface area contributed by atoms with Gasteiger partial charge in [-0.25, -0.2) is 4.39 Å². The van der Waals surface area contributed by atoms with Crippen LogP contribution in [0.3, 0.4) is 0 Å². The number of halogens is 1. The Bertz CT molecular complexity index is 481. The summed E-state index contributed by atoms with van der Waals surface area (Å²) in [6.45, 7) is 4.55. The first kappa shape index (κ1) is 12.6. The van der Waals surface area contributed by atoms with Gasteiger partial charge in [0.1, 0.15) is 5.82 Å². The maximum atomic E-state index is 12.9. The van der Waals surface area contributed by atoms with Crippen LogP contribution in [-0.4, -0.2) is 37.1 Å². The standard InChI is InChI=1S/C15H18FNO2/c1-15(9-19-10-15)14(18)17-7-6-12(8-17)11-2-4-13(16)5-3-11/h2-5,12H,6-10H2,1H3/t12-/m0/s1. The van der Waals surface area contributed by atoms with Gasteiger partial charge in [0.05, 0.1) is 18.6 Å². The van der Waals surface area contributed by atoms with E-state index in [4.69, 9.17) is 4.74 Å². The summed E-state index contributed by atoms with van der Waals surface area (Å²) in [5.74, 6) is 0.311. The molecule has 3 nitrogen and oxygen atoms in total. The molecule has 1 atom stereocenters. The van der Waals surface area contributed by atoms with Gasteiger partial charge in [-0.1, -0.05) is 12.1 Å². The van der Waals surface area contributed by atoms with Gasteiger partial charge in [0, 0.05) is 19.0 Å². The van der Waals surface area contributed by atoms with Crippen molar-refractivity contribution in [2.45, 2.75) is 19.3 Å². The minimum Gasteiger partial charge on any atom is -0.379 e. The number of ether oxygens (including phenoxy) is 1. The SMILES string of the molecule is CC1(C(=O)N2CC[C@H](c3ccc(F)cc3)C2)COC1. The summed E-state index contributed by atoms with van der Waals surface area (Å²) in [6, 6.07) is 6.62. The highest BCUT2D eigenvalue weighted by Gasteiger charge is 2.45. The molecule has 2 aliphatic rings. The lowest BCUT2D eigenvalue weighted by Gasteiger charge is -2.39. The Hall–Kier alpha value is -1.42. The van der Waals surface area contributed by atoms with Crippen LogP contribution in [0.25, 0.3) is 0 Å². The minimum absolute atomic E-state index is 0.198. The van der Waals surface area contributed by atoms with Gasteiger partial charge in [-0.2, -0.15) is 0 Å². The van der Waals surface area contributed by atoms with Crippen LogP contribution >= 0.6 is 0 Å². The quantitative estimate of drug-likeness (QED) is 0.818. The maximum absolute atomic E-state index is 12.9. The molecule has 2 fully saturated rings. The average molecular weight is 263 g/mol. The van der Waals surface area contributed by atoms with E-state index in [2.05, 4.69) is 0 Å². The summed E-state index contributed by atoms with van der Waals surface area (Å²) >= 11 is 0. The topological polar surface area (TPSA) is 29.5 Å². The van der Waals surface area contributed by atoms with E-state index in [9.17, 15) is 9.18 Å². The van der Waals surface area contributed by atoms with Gasteiger partial charge >= 0.3 is 0 Å². The minimum atomic E-state index is -0.322. The van der Waals surface area contributed by atoms with E-state index in [1.54, 1.807) is 0 Å². The predicted molar refractivity (Wildman–Crippen MR) is 69.3 cm³/mol. The van der Waals surface area contributed by atoms with Crippen LogP contribution in [0.5, 0.6) is 0 Å². The number of benzene rings is 1. The van der Waals surface area contributed by atoms with E-state index < -0.39 is 0 Å². The van der Waals surface area contributed by atoms with Gasteiger partial charge < -0.3 is 9.64 Å². The highest BCUT2D eigenvalue weighted by Crippen LogP contribution is 2.34. The maximum Gasteiger partial charge on any atom is 0.233 e. The molecule has 1 aromatic carbocycles. The third kappa shape index (κ3) is 2.25. The zero-order valence-electron chi connectivity index (χ0n) is 11.1. The second kappa shape index (κ2) is 4.60. The molecule has 4 heteroatoms. The van der Waals surface area contributed by atoms with Gasteiger partial charge in [-0.3, -0.25) is 4.79 Å². The van der Waals surface area contributed by atoms with Crippen molar-refractivity contribution in [3.05, 3.63) is 35.6 Å². The molecule has 1 amide bonds. The molecule has 0 bridgehead atoms. The second-order valence-corrected chi connectivity index (χ2v) is 5.84. The summed E-state index contributed by atoms with van der Waals surface area (Å²) in [7, 11) is 0. The first-order valence-electron chi connectivity index (χ1n) is 6.71. The van der Waals surface area contributed by atoms with Crippen LogP contribution in [0.4, 0.5) is 4.39 Å². The first-order chi connectivity index (χ1) is 9.08. The van der Waals surface area contributed by atoms with E-state index >= 15 is 0 Å². The molecule has 2 heterocycles. The summed E-state index contributed by atoms with van der Waals surface area (Å²) in [5, 5.41) is 0. The van der Waals surface area contributed by atoms with Gasteiger partial charge in [0.2, 0.25) is 5.91 Å². The smallest absolute Gasteiger partial charge is 0.233 e. The number of nitrogens with zero attached hydrogens (tertiary/aromatic N) is 1.